The summed E-state index contributed by atoms with van der Waals surface area (Å²) < 4.78 is 0. The molecule has 0 heterocycles. The predicted octanol–water partition coefficient (Wildman–Crippen LogP) is 1.55. The summed E-state index contributed by atoms with van der Waals surface area (Å²) in [6.07, 6.45) is 0. The van der Waals surface area contributed by atoms with E-state index in [4.69, 9.17) is 0 Å². The first-order valence-electron chi connectivity index (χ1n) is 6.29. The molecule has 0 aliphatic rings. The van der Waals surface area contributed by atoms with E-state index in [2.05, 4.69) is 5.32 Å². The molecule has 0 aliphatic carbocycles. The lowest BCUT2D eigenvalue weighted by Gasteiger charge is -2.19. The third-order valence-corrected chi connectivity index (χ3v) is 2.74. The Kier molecular flexibility index (Phi) is 5.95. The summed E-state index contributed by atoms with van der Waals surface area (Å²) in [6.45, 7) is 6.16. The van der Waals surface area contributed by atoms with Gasteiger partial charge in [0.05, 0.1) is 11.5 Å². The summed E-state index contributed by atoms with van der Waals surface area (Å²) in [6, 6.07) is 6.40. The molecule has 0 fully saturated rings. The highest BCUT2D eigenvalue weighted by Crippen LogP contribution is 2.13. The summed E-state index contributed by atoms with van der Waals surface area (Å²) >= 11 is 0. The normalized spacial score (nSPS) is 10.5. The zero-order valence-electron chi connectivity index (χ0n) is 11.3. The molecule has 19 heavy (non-hydrogen) atoms. The van der Waals surface area contributed by atoms with Crippen LogP contribution in [0.2, 0.25) is 0 Å². The van der Waals surface area contributed by atoms with Crippen molar-refractivity contribution >= 4 is 11.6 Å². The molecular weight excluding hydrogens is 246 g/mol. The highest BCUT2D eigenvalue weighted by molar-refractivity contribution is 5.77. The minimum atomic E-state index is -0.421. The molecule has 1 rings (SSSR count). The third kappa shape index (κ3) is 5.05. The second-order valence-electron chi connectivity index (χ2n) is 4.18. The lowest BCUT2D eigenvalue weighted by Crippen LogP contribution is -2.36. The number of nitrogens with one attached hydrogen (secondary N) is 1. The first-order chi connectivity index (χ1) is 9.06. The third-order valence-electron chi connectivity index (χ3n) is 2.74. The number of nitrogens with zero attached hydrogens (tertiary/aromatic N) is 2. The van der Waals surface area contributed by atoms with Gasteiger partial charge in [-0.25, -0.2) is 0 Å². The number of nitro benzene ring substituents is 1. The number of amides is 1. The van der Waals surface area contributed by atoms with Gasteiger partial charge in [0.15, 0.2) is 0 Å². The van der Waals surface area contributed by atoms with Gasteiger partial charge in [0, 0.05) is 25.2 Å². The molecule has 1 N–H and O–H groups in total. The fourth-order valence-electron chi connectivity index (χ4n) is 1.72. The largest absolute Gasteiger partial charge is 0.355 e. The van der Waals surface area contributed by atoms with E-state index < -0.39 is 4.92 Å². The molecule has 0 aromatic heterocycles. The standard InChI is InChI=1S/C13H19N3O3/c1-3-14-13(17)10-15(4-2)9-11-5-7-12(8-6-11)16(18)19/h5-8H,3-4,9-10H2,1-2H3,(H,14,17). The molecule has 0 aliphatic heterocycles. The van der Waals surface area contributed by atoms with E-state index in [1.54, 1.807) is 12.1 Å². The molecule has 0 saturated carbocycles. The van der Waals surface area contributed by atoms with Gasteiger partial charge < -0.3 is 5.32 Å². The minimum Gasteiger partial charge on any atom is -0.355 e. The Morgan fingerprint density at radius 1 is 1.32 bits per heavy atom. The predicted molar refractivity (Wildman–Crippen MR) is 72.7 cm³/mol. The van der Waals surface area contributed by atoms with Crippen molar-refractivity contribution in [2.45, 2.75) is 20.4 Å². The van der Waals surface area contributed by atoms with Crippen molar-refractivity contribution in [1.82, 2.24) is 10.2 Å². The Labute approximate surface area is 112 Å². The summed E-state index contributed by atoms with van der Waals surface area (Å²) in [5.41, 5.74) is 1.03. The molecule has 0 atom stereocenters. The van der Waals surface area contributed by atoms with Crippen molar-refractivity contribution in [2.24, 2.45) is 0 Å². The van der Waals surface area contributed by atoms with Crippen molar-refractivity contribution in [2.75, 3.05) is 19.6 Å². The molecule has 0 spiro atoms. The Morgan fingerprint density at radius 3 is 2.42 bits per heavy atom. The molecule has 6 nitrogen and oxygen atoms in total. The lowest BCUT2D eigenvalue weighted by atomic mass is 10.2. The topological polar surface area (TPSA) is 75.5 Å². The fourth-order valence-corrected chi connectivity index (χ4v) is 1.72. The Balaban J connectivity index is 2.60. The number of likely N-dealkylation sites (N-methyl/N-ethyl adjacent to an activating group) is 2. The van der Waals surface area contributed by atoms with Gasteiger partial charge in [0.25, 0.3) is 5.69 Å². The van der Waals surface area contributed by atoms with Crippen LogP contribution in [0.3, 0.4) is 0 Å². The van der Waals surface area contributed by atoms with Crippen LogP contribution in [0, 0.1) is 10.1 Å². The van der Waals surface area contributed by atoms with Gasteiger partial charge in [-0.2, -0.15) is 0 Å². The monoisotopic (exact) mass is 265 g/mol. The van der Waals surface area contributed by atoms with E-state index in [0.717, 1.165) is 12.1 Å². The highest BCUT2D eigenvalue weighted by atomic mass is 16.6. The minimum absolute atomic E-state index is 0.00809. The second-order valence-corrected chi connectivity index (χ2v) is 4.18. The number of hydrogen-bond acceptors (Lipinski definition) is 4. The number of nitro groups is 1. The number of non-ortho nitro benzene ring substituents is 1. The number of rotatable bonds is 7. The van der Waals surface area contributed by atoms with Crippen molar-refractivity contribution in [1.29, 1.82) is 0 Å². The number of carbonyl (C=O) groups excluding carboxylic acids is 1. The molecule has 1 aromatic rings. The van der Waals surface area contributed by atoms with Crippen LogP contribution in [0.4, 0.5) is 5.69 Å². The highest BCUT2D eigenvalue weighted by Gasteiger charge is 2.10. The van der Waals surface area contributed by atoms with Gasteiger partial charge in [-0.15, -0.1) is 0 Å². The van der Waals surface area contributed by atoms with E-state index in [0.29, 0.717) is 19.6 Å². The molecular formula is C13H19N3O3. The summed E-state index contributed by atoms with van der Waals surface area (Å²) in [7, 11) is 0. The molecule has 0 saturated heterocycles. The van der Waals surface area contributed by atoms with Crippen molar-refractivity contribution in [3.63, 3.8) is 0 Å². The molecule has 0 bridgehead atoms. The SMILES string of the molecule is CCNC(=O)CN(CC)Cc1ccc([N+](=O)[O-])cc1. The number of hydrogen-bond donors (Lipinski definition) is 1. The summed E-state index contributed by atoms with van der Waals surface area (Å²) in [5, 5.41) is 13.3. The van der Waals surface area contributed by atoms with E-state index in [1.807, 2.05) is 18.7 Å². The van der Waals surface area contributed by atoms with E-state index >= 15 is 0 Å². The van der Waals surface area contributed by atoms with Crippen LogP contribution in [0.5, 0.6) is 0 Å². The maximum atomic E-state index is 11.5. The van der Waals surface area contributed by atoms with Gasteiger partial charge >= 0.3 is 0 Å². The maximum absolute atomic E-state index is 11.5. The zero-order chi connectivity index (χ0) is 14.3. The van der Waals surface area contributed by atoms with Crippen LogP contribution in [0.25, 0.3) is 0 Å². The first kappa shape index (κ1) is 15.1. The number of carbonyl (C=O) groups is 1. The maximum Gasteiger partial charge on any atom is 0.269 e. The Bertz CT molecular complexity index is 431. The van der Waals surface area contributed by atoms with Crippen LogP contribution in [0.15, 0.2) is 24.3 Å². The molecule has 0 unspecified atom stereocenters. The average molecular weight is 265 g/mol. The summed E-state index contributed by atoms with van der Waals surface area (Å²) in [4.78, 5) is 23.6. The number of benzene rings is 1. The van der Waals surface area contributed by atoms with Crippen molar-refractivity contribution in [3.8, 4) is 0 Å². The Hall–Kier alpha value is -1.95. The van der Waals surface area contributed by atoms with Gasteiger partial charge in [0.1, 0.15) is 0 Å². The van der Waals surface area contributed by atoms with Crippen molar-refractivity contribution < 1.29 is 9.72 Å². The Morgan fingerprint density at radius 2 is 1.95 bits per heavy atom. The molecule has 0 radical (unpaired) electrons. The smallest absolute Gasteiger partial charge is 0.269 e. The van der Waals surface area contributed by atoms with E-state index in [9.17, 15) is 14.9 Å². The molecule has 6 heteroatoms. The van der Waals surface area contributed by atoms with E-state index in [-0.39, 0.29) is 11.6 Å². The quantitative estimate of drug-likeness (QED) is 0.599. The van der Waals surface area contributed by atoms with Gasteiger partial charge in [-0.05, 0) is 19.0 Å². The second kappa shape index (κ2) is 7.48. The van der Waals surface area contributed by atoms with Crippen LogP contribution >= 0.6 is 0 Å². The van der Waals surface area contributed by atoms with Gasteiger partial charge in [0.2, 0.25) is 5.91 Å². The fraction of sp³-hybridized carbons (Fsp3) is 0.462. The summed E-state index contributed by atoms with van der Waals surface area (Å²) in [5.74, 6) is -0.00809. The van der Waals surface area contributed by atoms with Gasteiger partial charge in [-0.3, -0.25) is 19.8 Å². The average Bonchev–Trinajstić information content (AvgIpc) is 2.38. The van der Waals surface area contributed by atoms with E-state index in [1.165, 1.54) is 12.1 Å². The zero-order valence-corrected chi connectivity index (χ0v) is 11.3. The van der Waals surface area contributed by atoms with Crippen LogP contribution < -0.4 is 5.32 Å². The first-order valence-corrected chi connectivity index (χ1v) is 6.29. The van der Waals surface area contributed by atoms with Gasteiger partial charge in [-0.1, -0.05) is 19.1 Å². The van der Waals surface area contributed by atoms with Crippen molar-refractivity contribution in [3.05, 3.63) is 39.9 Å². The lowest BCUT2D eigenvalue weighted by molar-refractivity contribution is -0.384. The molecule has 1 aromatic carbocycles. The van der Waals surface area contributed by atoms with Crippen LogP contribution in [-0.4, -0.2) is 35.4 Å². The van der Waals surface area contributed by atoms with Crippen LogP contribution in [0.1, 0.15) is 19.4 Å². The molecule has 104 valence electrons. The van der Waals surface area contributed by atoms with Crippen LogP contribution in [-0.2, 0) is 11.3 Å². The molecule has 1 amide bonds.